The maximum absolute atomic E-state index is 13.8. The van der Waals surface area contributed by atoms with Gasteiger partial charge in [0.1, 0.15) is 0 Å². The Morgan fingerprint density at radius 3 is 2.20 bits per heavy atom. The molecule has 9 heteroatoms. The Morgan fingerprint density at radius 1 is 1.04 bits per heavy atom. The van der Waals surface area contributed by atoms with Crippen LogP contribution < -0.4 is 0 Å². The molecule has 0 bridgehead atoms. The molecule has 0 saturated carbocycles. The molecule has 0 fully saturated rings. The molecule has 25 heavy (non-hydrogen) atoms. The predicted molar refractivity (Wildman–Crippen MR) is 97.6 cm³/mol. The van der Waals surface area contributed by atoms with Gasteiger partial charge in [0.25, 0.3) is 0 Å². The molecule has 0 radical (unpaired) electrons. The summed E-state index contributed by atoms with van der Waals surface area (Å²) in [5, 5.41) is 0. The average molecular weight is 500 g/mol. The molecule has 0 spiro atoms. The summed E-state index contributed by atoms with van der Waals surface area (Å²) in [5.41, 5.74) is -3.26. The molecule has 2 aromatic carbocycles. The number of hydrogen-bond acceptors (Lipinski definition) is 2. The van der Waals surface area contributed by atoms with E-state index < -0.39 is 18.8 Å². The second-order valence-corrected chi connectivity index (χ2v) is 8.75. The molecule has 0 atom stereocenters. The molecular formula is C16H15Br2F2O4P. The molecule has 0 aliphatic rings. The summed E-state index contributed by atoms with van der Waals surface area (Å²) in [6, 6.07) is 11.6. The van der Waals surface area contributed by atoms with Gasteiger partial charge in [0.05, 0.1) is 13.2 Å². The third-order valence-electron chi connectivity index (χ3n) is 3.44. The van der Waals surface area contributed by atoms with Crippen LogP contribution in [0.25, 0.3) is 0 Å². The molecule has 0 amide bonds. The van der Waals surface area contributed by atoms with Gasteiger partial charge >= 0.3 is 13.3 Å². The van der Waals surface area contributed by atoms with Crippen LogP contribution >= 0.6 is 39.5 Å². The lowest BCUT2D eigenvalue weighted by molar-refractivity contribution is 0.0556. The first-order chi connectivity index (χ1) is 11.6. The van der Waals surface area contributed by atoms with E-state index in [1.54, 1.807) is 0 Å². The van der Waals surface area contributed by atoms with Gasteiger partial charge in [-0.1, -0.05) is 56.1 Å². The number of rotatable bonds is 7. The second kappa shape index (κ2) is 8.37. The van der Waals surface area contributed by atoms with Crippen LogP contribution in [0.4, 0.5) is 8.78 Å². The lowest BCUT2D eigenvalue weighted by atomic mass is 10.1. The van der Waals surface area contributed by atoms with E-state index in [-0.39, 0.29) is 11.1 Å². The van der Waals surface area contributed by atoms with Crippen molar-refractivity contribution in [1.29, 1.82) is 0 Å². The van der Waals surface area contributed by atoms with Gasteiger partial charge in [0.15, 0.2) is 0 Å². The van der Waals surface area contributed by atoms with Gasteiger partial charge in [-0.05, 0) is 35.7 Å². The number of benzene rings is 2. The Bertz CT molecular complexity index is 778. The number of halogens is 4. The molecular weight excluding hydrogens is 485 g/mol. The van der Waals surface area contributed by atoms with E-state index >= 15 is 0 Å². The van der Waals surface area contributed by atoms with E-state index in [1.807, 2.05) is 24.3 Å². The molecule has 0 unspecified atom stereocenters. The SMILES string of the molecule is O=P(O)(O)C(F)(F)c1ccc(COCCc2ccc(Br)cc2)cc1Br. The molecule has 136 valence electrons. The average Bonchev–Trinajstić information content (AvgIpc) is 2.52. The summed E-state index contributed by atoms with van der Waals surface area (Å²) in [6.07, 6.45) is 0.711. The summed E-state index contributed by atoms with van der Waals surface area (Å²) >= 11 is 6.30. The molecule has 2 N–H and O–H groups in total. The van der Waals surface area contributed by atoms with Crippen molar-refractivity contribution in [3.05, 3.63) is 68.1 Å². The van der Waals surface area contributed by atoms with Gasteiger partial charge in [-0.25, -0.2) is 0 Å². The summed E-state index contributed by atoms with van der Waals surface area (Å²) in [6.45, 7) is 0.663. The first kappa shape index (κ1) is 20.7. The Balaban J connectivity index is 1.94. The van der Waals surface area contributed by atoms with Gasteiger partial charge in [-0.2, -0.15) is 8.78 Å². The summed E-state index contributed by atoms with van der Waals surface area (Å²) in [4.78, 5) is 17.6. The van der Waals surface area contributed by atoms with E-state index in [0.717, 1.165) is 16.1 Å². The Labute approximate surface area is 160 Å². The highest BCUT2D eigenvalue weighted by molar-refractivity contribution is 9.10. The Morgan fingerprint density at radius 2 is 1.64 bits per heavy atom. The quantitative estimate of drug-likeness (QED) is 0.406. The van der Waals surface area contributed by atoms with Crippen molar-refractivity contribution in [2.45, 2.75) is 18.7 Å². The number of alkyl halides is 2. The van der Waals surface area contributed by atoms with Gasteiger partial charge in [-0.3, -0.25) is 4.57 Å². The van der Waals surface area contributed by atoms with Crippen molar-refractivity contribution >= 4 is 39.5 Å². The summed E-state index contributed by atoms with van der Waals surface area (Å²) in [7, 11) is -5.59. The minimum Gasteiger partial charge on any atom is -0.376 e. The molecule has 0 aliphatic heterocycles. The number of hydrogen-bond donors (Lipinski definition) is 2. The van der Waals surface area contributed by atoms with Crippen LogP contribution in [0.5, 0.6) is 0 Å². The fraction of sp³-hybridized carbons (Fsp3) is 0.250. The molecule has 4 nitrogen and oxygen atoms in total. The maximum atomic E-state index is 13.8. The van der Waals surface area contributed by atoms with E-state index in [2.05, 4.69) is 31.9 Å². The highest BCUT2D eigenvalue weighted by atomic mass is 79.9. The highest BCUT2D eigenvalue weighted by Crippen LogP contribution is 2.60. The van der Waals surface area contributed by atoms with Crippen LogP contribution in [0, 0.1) is 0 Å². The van der Waals surface area contributed by atoms with Crippen molar-refractivity contribution < 1.29 is 27.9 Å². The molecule has 0 aromatic heterocycles. The van der Waals surface area contributed by atoms with Crippen LogP contribution in [0.3, 0.4) is 0 Å². The summed E-state index contributed by atoms with van der Waals surface area (Å²) < 4.78 is 44.9. The third kappa shape index (κ3) is 5.42. The van der Waals surface area contributed by atoms with Crippen LogP contribution in [0.15, 0.2) is 51.4 Å². The first-order valence-corrected chi connectivity index (χ1v) is 10.4. The molecule has 0 heterocycles. The normalized spacial score (nSPS) is 12.4. The van der Waals surface area contributed by atoms with Gasteiger partial charge in [0, 0.05) is 14.5 Å². The van der Waals surface area contributed by atoms with Crippen molar-refractivity contribution in [2.24, 2.45) is 0 Å². The minimum absolute atomic E-state index is 0.0742. The van der Waals surface area contributed by atoms with Crippen LogP contribution in [0.2, 0.25) is 0 Å². The lowest BCUT2D eigenvalue weighted by Crippen LogP contribution is -2.14. The zero-order chi connectivity index (χ0) is 18.7. The fourth-order valence-corrected chi connectivity index (χ4v) is 3.68. The van der Waals surface area contributed by atoms with E-state index in [1.165, 1.54) is 12.1 Å². The summed E-state index contributed by atoms with van der Waals surface area (Å²) in [5.74, 6) is 0. The maximum Gasteiger partial charge on any atom is 0.399 e. The van der Waals surface area contributed by atoms with Gasteiger partial charge in [0.2, 0.25) is 0 Å². The van der Waals surface area contributed by atoms with Crippen molar-refractivity contribution in [1.82, 2.24) is 0 Å². The van der Waals surface area contributed by atoms with E-state index in [9.17, 15) is 13.3 Å². The molecule has 2 rings (SSSR count). The fourth-order valence-electron chi connectivity index (χ4n) is 2.08. The third-order valence-corrected chi connectivity index (χ3v) is 5.60. The van der Waals surface area contributed by atoms with Crippen LogP contribution in [-0.4, -0.2) is 16.4 Å². The van der Waals surface area contributed by atoms with Crippen molar-refractivity contribution in [2.75, 3.05) is 6.61 Å². The topological polar surface area (TPSA) is 66.8 Å². The standard InChI is InChI=1S/C16H15Br2F2O4P/c17-13-4-1-11(2-5-13)7-8-24-10-12-3-6-14(15(18)9-12)16(19,20)25(21,22)23/h1-6,9H,7-8,10H2,(H2,21,22,23). The lowest BCUT2D eigenvalue weighted by Gasteiger charge is -2.19. The van der Waals surface area contributed by atoms with Crippen LogP contribution in [-0.2, 0) is 28.0 Å². The smallest absolute Gasteiger partial charge is 0.376 e. The second-order valence-electron chi connectivity index (χ2n) is 5.33. The molecule has 0 saturated heterocycles. The van der Waals surface area contributed by atoms with E-state index in [0.29, 0.717) is 18.6 Å². The zero-order valence-electron chi connectivity index (χ0n) is 12.8. The Kier molecular flexibility index (Phi) is 6.93. The highest BCUT2D eigenvalue weighted by Gasteiger charge is 2.51. The minimum atomic E-state index is -5.59. The van der Waals surface area contributed by atoms with Crippen molar-refractivity contribution in [3.63, 3.8) is 0 Å². The van der Waals surface area contributed by atoms with Crippen LogP contribution in [0.1, 0.15) is 16.7 Å². The monoisotopic (exact) mass is 498 g/mol. The number of ether oxygens (including phenoxy) is 1. The van der Waals surface area contributed by atoms with Gasteiger partial charge in [-0.15, -0.1) is 0 Å². The largest absolute Gasteiger partial charge is 0.399 e. The zero-order valence-corrected chi connectivity index (χ0v) is 16.9. The predicted octanol–water partition coefficient (Wildman–Crippen LogP) is 5.20. The first-order valence-electron chi connectivity index (χ1n) is 7.16. The van der Waals surface area contributed by atoms with Gasteiger partial charge < -0.3 is 14.5 Å². The van der Waals surface area contributed by atoms with Crippen molar-refractivity contribution in [3.8, 4) is 0 Å². The van der Waals surface area contributed by atoms with E-state index in [4.69, 9.17) is 14.5 Å². The molecule has 0 aliphatic carbocycles. The molecule has 2 aromatic rings. The Hall–Kier alpha value is -0.630.